The van der Waals surface area contributed by atoms with Crippen LogP contribution in [0.5, 0.6) is 5.75 Å². The van der Waals surface area contributed by atoms with Crippen LogP contribution in [0.1, 0.15) is 87.9 Å². The Bertz CT molecular complexity index is 706. The summed E-state index contributed by atoms with van der Waals surface area (Å²) in [6, 6.07) is 6.47. The van der Waals surface area contributed by atoms with Crippen molar-refractivity contribution >= 4 is 17.7 Å². The molecule has 1 aromatic carbocycles. The van der Waals surface area contributed by atoms with Gasteiger partial charge in [0.25, 0.3) is 0 Å². The normalized spacial score (nSPS) is 10.8. The van der Waals surface area contributed by atoms with Gasteiger partial charge in [-0.25, -0.2) is 4.79 Å². The molecule has 0 fully saturated rings. The molecule has 0 aromatic heterocycles. The van der Waals surface area contributed by atoms with Gasteiger partial charge in [-0.05, 0) is 49.9 Å². The van der Waals surface area contributed by atoms with Gasteiger partial charge in [0, 0.05) is 26.0 Å². The Kier molecular flexibility index (Phi) is 18.2. The Hall–Kier alpha value is -2.45. The van der Waals surface area contributed by atoms with Crippen LogP contribution in [-0.4, -0.2) is 62.3 Å². The van der Waals surface area contributed by atoms with Crippen LogP contribution < -0.4 is 10.1 Å². The molecule has 0 saturated carbocycles. The number of rotatable bonds is 23. The molecule has 8 heteroatoms. The Morgan fingerprint density at radius 2 is 1.40 bits per heavy atom. The summed E-state index contributed by atoms with van der Waals surface area (Å²) in [4.78, 5) is 34.1. The van der Waals surface area contributed by atoms with Gasteiger partial charge in [0.2, 0.25) is 5.91 Å². The highest BCUT2D eigenvalue weighted by Gasteiger charge is 2.04. The van der Waals surface area contributed by atoms with Gasteiger partial charge < -0.3 is 24.6 Å². The summed E-state index contributed by atoms with van der Waals surface area (Å²) >= 11 is 0. The van der Waals surface area contributed by atoms with E-state index in [-0.39, 0.29) is 18.1 Å². The van der Waals surface area contributed by atoms with Crippen LogP contribution in [0, 0.1) is 0 Å². The third-order valence-corrected chi connectivity index (χ3v) is 5.39. The van der Waals surface area contributed by atoms with Crippen molar-refractivity contribution in [3.8, 4) is 5.75 Å². The number of aromatic carboxylic acids is 1. The zero-order chi connectivity index (χ0) is 25.6. The molecule has 0 saturated heterocycles. The monoisotopic (exact) mass is 493 g/mol. The molecular formula is C27H43NO7. The number of carbonyl (C=O) groups is 3. The van der Waals surface area contributed by atoms with Crippen molar-refractivity contribution in [2.24, 2.45) is 0 Å². The molecule has 35 heavy (non-hydrogen) atoms. The van der Waals surface area contributed by atoms with Crippen molar-refractivity contribution in [2.75, 3.05) is 39.6 Å². The first-order chi connectivity index (χ1) is 17.0. The molecule has 0 spiro atoms. The lowest BCUT2D eigenvalue weighted by molar-refractivity contribution is -0.126. The fourth-order valence-electron chi connectivity index (χ4n) is 3.39. The number of carboxylic acid groups (broad SMARTS) is 1. The number of ketones is 1. The number of carboxylic acids is 1. The van der Waals surface area contributed by atoms with Gasteiger partial charge in [-0.15, -0.1) is 0 Å². The van der Waals surface area contributed by atoms with E-state index in [2.05, 4.69) is 5.32 Å². The average Bonchev–Trinajstić information content (AvgIpc) is 2.85. The standard InChI is InChI=1S/C27H43NO7/c1-2-17-28-26(30)22-34-21-20-33-18-10-12-24(29)11-8-6-4-3-5-7-9-19-35-25-15-13-23(14-16-25)27(31)32/h13-16H,2-12,17-22H2,1H3,(H,28,30)(H,31,32). The van der Waals surface area contributed by atoms with E-state index in [1.54, 1.807) is 24.3 Å². The minimum absolute atomic E-state index is 0.0583. The first kappa shape index (κ1) is 30.6. The van der Waals surface area contributed by atoms with E-state index in [0.29, 0.717) is 57.3 Å². The summed E-state index contributed by atoms with van der Waals surface area (Å²) < 4.78 is 16.3. The van der Waals surface area contributed by atoms with E-state index in [4.69, 9.17) is 19.3 Å². The second kappa shape index (κ2) is 20.9. The van der Waals surface area contributed by atoms with Crippen molar-refractivity contribution in [2.45, 2.75) is 77.6 Å². The fourth-order valence-corrected chi connectivity index (χ4v) is 3.39. The van der Waals surface area contributed by atoms with Crippen LogP contribution in [-0.2, 0) is 19.1 Å². The van der Waals surface area contributed by atoms with Gasteiger partial charge in [-0.2, -0.15) is 0 Å². The van der Waals surface area contributed by atoms with Crippen LogP contribution in [0.2, 0.25) is 0 Å². The average molecular weight is 494 g/mol. The number of Topliss-reactive ketones (excluding diaryl/α,β-unsaturated/α-hetero) is 1. The number of nitrogens with one attached hydrogen (secondary N) is 1. The summed E-state index contributed by atoms with van der Waals surface area (Å²) in [5.41, 5.74) is 0.261. The van der Waals surface area contributed by atoms with Crippen molar-refractivity contribution in [3.63, 3.8) is 0 Å². The van der Waals surface area contributed by atoms with Gasteiger partial charge in [0.05, 0.1) is 25.4 Å². The third-order valence-electron chi connectivity index (χ3n) is 5.39. The minimum atomic E-state index is -0.935. The van der Waals surface area contributed by atoms with Crippen LogP contribution in [0.3, 0.4) is 0 Å². The van der Waals surface area contributed by atoms with Crippen LogP contribution in [0.4, 0.5) is 0 Å². The second-order valence-corrected chi connectivity index (χ2v) is 8.56. The minimum Gasteiger partial charge on any atom is -0.494 e. The Balaban J connectivity index is 1.82. The zero-order valence-electron chi connectivity index (χ0n) is 21.2. The van der Waals surface area contributed by atoms with Crippen molar-refractivity contribution in [1.82, 2.24) is 5.32 Å². The van der Waals surface area contributed by atoms with Crippen molar-refractivity contribution < 1.29 is 33.7 Å². The number of benzene rings is 1. The van der Waals surface area contributed by atoms with Gasteiger partial charge in [0.15, 0.2) is 0 Å². The third kappa shape index (κ3) is 17.6. The SMILES string of the molecule is CCCNC(=O)COCCOCCCC(=O)CCCCCCCCCOc1ccc(C(=O)O)cc1. The smallest absolute Gasteiger partial charge is 0.335 e. The quantitative estimate of drug-likeness (QED) is 0.211. The molecule has 0 radical (unpaired) electrons. The van der Waals surface area contributed by atoms with Crippen molar-refractivity contribution in [3.05, 3.63) is 29.8 Å². The maximum atomic E-state index is 11.9. The van der Waals surface area contributed by atoms with Crippen LogP contribution >= 0.6 is 0 Å². The molecule has 0 aliphatic rings. The predicted octanol–water partition coefficient (Wildman–Crippen LogP) is 4.79. The summed E-state index contributed by atoms with van der Waals surface area (Å²) in [5, 5.41) is 11.6. The molecule has 8 nitrogen and oxygen atoms in total. The number of hydrogen-bond donors (Lipinski definition) is 2. The first-order valence-electron chi connectivity index (χ1n) is 12.9. The number of carbonyl (C=O) groups excluding carboxylic acids is 2. The molecule has 198 valence electrons. The molecule has 1 aromatic rings. The Morgan fingerprint density at radius 1 is 0.771 bits per heavy atom. The van der Waals surface area contributed by atoms with Gasteiger partial charge in [-0.3, -0.25) is 9.59 Å². The fraction of sp³-hybridized carbons (Fsp3) is 0.667. The van der Waals surface area contributed by atoms with E-state index < -0.39 is 5.97 Å². The molecule has 0 unspecified atom stereocenters. The maximum Gasteiger partial charge on any atom is 0.335 e. The van der Waals surface area contributed by atoms with E-state index in [1.807, 2.05) is 6.92 Å². The summed E-state index contributed by atoms with van der Waals surface area (Å²) in [5.74, 6) is -0.0451. The number of unbranched alkanes of at least 4 members (excludes halogenated alkanes) is 6. The highest BCUT2D eigenvalue weighted by Crippen LogP contribution is 2.14. The molecule has 0 heterocycles. The lowest BCUT2D eigenvalue weighted by Crippen LogP contribution is -2.28. The molecule has 0 aliphatic carbocycles. The van der Waals surface area contributed by atoms with E-state index in [9.17, 15) is 14.4 Å². The Morgan fingerprint density at radius 3 is 2.09 bits per heavy atom. The number of hydrogen-bond acceptors (Lipinski definition) is 6. The second-order valence-electron chi connectivity index (χ2n) is 8.56. The first-order valence-corrected chi connectivity index (χ1v) is 12.9. The topological polar surface area (TPSA) is 111 Å². The van der Waals surface area contributed by atoms with Gasteiger partial charge in [0.1, 0.15) is 18.1 Å². The molecule has 0 aliphatic heterocycles. The predicted molar refractivity (Wildman–Crippen MR) is 135 cm³/mol. The number of amides is 1. The lowest BCUT2D eigenvalue weighted by atomic mass is 10.1. The van der Waals surface area contributed by atoms with E-state index >= 15 is 0 Å². The summed E-state index contributed by atoms with van der Waals surface area (Å²) in [7, 11) is 0. The molecule has 0 bridgehead atoms. The molecule has 1 rings (SSSR count). The van der Waals surface area contributed by atoms with Crippen molar-refractivity contribution in [1.29, 1.82) is 0 Å². The van der Waals surface area contributed by atoms with Crippen LogP contribution in [0.25, 0.3) is 0 Å². The zero-order valence-corrected chi connectivity index (χ0v) is 21.2. The molecular weight excluding hydrogens is 450 g/mol. The molecule has 2 N–H and O–H groups in total. The largest absolute Gasteiger partial charge is 0.494 e. The lowest BCUT2D eigenvalue weighted by Gasteiger charge is -2.07. The summed E-state index contributed by atoms with van der Waals surface area (Å²) in [6.07, 6.45) is 10.4. The van der Waals surface area contributed by atoms with Gasteiger partial charge >= 0.3 is 5.97 Å². The van der Waals surface area contributed by atoms with Crippen LogP contribution in [0.15, 0.2) is 24.3 Å². The Labute approximate surface area is 209 Å². The highest BCUT2D eigenvalue weighted by atomic mass is 16.5. The maximum absolute atomic E-state index is 11.9. The van der Waals surface area contributed by atoms with Gasteiger partial charge in [-0.1, -0.05) is 39.0 Å². The number of ether oxygens (including phenoxy) is 3. The molecule has 0 atom stereocenters. The van der Waals surface area contributed by atoms with E-state index in [0.717, 1.165) is 57.8 Å². The highest BCUT2D eigenvalue weighted by molar-refractivity contribution is 5.87. The summed E-state index contributed by atoms with van der Waals surface area (Å²) in [6.45, 7) is 4.70. The molecule has 1 amide bonds. The van der Waals surface area contributed by atoms with E-state index in [1.165, 1.54) is 0 Å².